The zero-order valence-corrected chi connectivity index (χ0v) is 14.7. The Morgan fingerprint density at radius 1 is 1.20 bits per heavy atom. The fourth-order valence-corrected chi connectivity index (χ4v) is 3.48. The van der Waals surface area contributed by atoms with Crippen molar-refractivity contribution in [2.75, 3.05) is 13.7 Å². The summed E-state index contributed by atoms with van der Waals surface area (Å²) in [4.78, 5) is 19.3. The molecule has 25 heavy (non-hydrogen) atoms. The molecule has 6 heteroatoms. The molecule has 0 N–H and O–H groups in total. The van der Waals surface area contributed by atoms with E-state index in [2.05, 4.69) is 4.99 Å². The number of benzene rings is 2. The summed E-state index contributed by atoms with van der Waals surface area (Å²) in [6.45, 7) is 2.40. The Balaban J connectivity index is 1.94. The summed E-state index contributed by atoms with van der Waals surface area (Å²) in [5.74, 6) is 0.290. The molecule has 1 aliphatic heterocycles. The van der Waals surface area contributed by atoms with Gasteiger partial charge < -0.3 is 4.74 Å². The molecule has 0 unspecified atom stereocenters. The van der Waals surface area contributed by atoms with Crippen LogP contribution < -0.4 is 4.74 Å². The Morgan fingerprint density at radius 2 is 1.92 bits per heavy atom. The number of ether oxygens (including phenoxy) is 1. The van der Waals surface area contributed by atoms with E-state index in [-0.39, 0.29) is 11.7 Å². The number of carbonyl (C=O) groups is 1. The van der Waals surface area contributed by atoms with E-state index < -0.39 is 0 Å². The molecule has 0 radical (unpaired) electrons. The highest BCUT2D eigenvalue weighted by atomic mass is 32.2. The summed E-state index contributed by atoms with van der Waals surface area (Å²) in [6.07, 6.45) is 1.81. The van der Waals surface area contributed by atoms with Gasteiger partial charge in [0.1, 0.15) is 11.6 Å². The van der Waals surface area contributed by atoms with Crippen LogP contribution in [0, 0.1) is 5.82 Å². The van der Waals surface area contributed by atoms with Crippen LogP contribution in [0.2, 0.25) is 0 Å². The lowest BCUT2D eigenvalue weighted by Crippen LogP contribution is -2.28. The lowest BCUT2D eigenvalue weighted by Gasteiger charge is -2.12. The van der Waals surface area contributed by atoms with Crippen LogP contribution in [0.25, 0.3) is 6.08 Å². The summed E-state index contributed by atoms with van der Waals surface area (Å²) in [7, 11) is 1.60. The summed E-state index contributed by atoms with van der Waals surface area (Å²) in [5, 5.41) is 0.584. The Kier molecular flexibility index (Phi) is 5.19. The van der Waals surface area contributed by atoms with Crippen LogP contribution in [-0.4, -0.2) is 29.6 Å². The number of hydrogen-bond acceptors (Lipinski definition) is 4. The van der Waals surface area contributed by atoms with Crippen molar-refractivity contribution >= 4 is 34.6 Å². The molecule has 128 valence electrons. The van der Waals surface area contributed by atoms with Crippen LogP contribution in [0.15, 0.2) is 58.4 Å². The van der Waals surface area contributed by atoms with Crippen molar-refractivity contribution in [3.8, 4) is 5.75 Å². The molecule has 1 amide bonds. The second-order valence-corrected chi connectivity index (χ2v) is 6.28. The van der Waals surface area contributed by atoms with E-state index in [1.165, 1.54) is 23.9 Å². The number of methoxy groups -OCH3 is 1. The molecule has 0 saturated carbocycles. The van der Waals surface area contributed by atoms with Crippen molar-refractivity contribution in [2.24, 2.45) is 4.99 Å². The van der Waals surface area contributed by atoms with Crippen molar-refractivity contribution < 1.29 is 13.9 Å². The maximum atomic E-state index is 13.0. The van der Waals surface area contributed by atoms with E-state index in [4.69, 9.17) is 4.74 Å². The van der Waals surface area contributed by atoms with Crippen molar-refractivity contribution in [1.29, 1.82) is 0 Å². The van der Waals surface area contributed by atoms with Gasteiger partial charge in [-0.15, -0.1) is 0 Å². The normalized spacial score (nSPS) is 17.6. The van der Waals surface area contributed by atoms with E-state index in [1.54, 1.807) is 24.1 Å². The fourth-order valence-electron chi connectivity index (χ4n) is 2.42. The first-order valence-electron chi connectivity index (χ1n) is 7.81. The largest absolute Gasteiger partial charge is 0.496 e. The van der Waals surface area contributed by atoms with Gasteiger partial charge in [-0.2, -0.15) is 0 Å². The standard InChI is InChI=1S/C19H17FN2O2S/c1-3-22-18(23)17(12-13-6-4-5-7-16(13)24-2)25-19(22)21-15-10-8-14(20)9-11-15/h4-12H,3H2,1-2H3/b17-12+,21-19?. The predicted molar refractivity (Wildman–Crippen MR) is 99.4 cm³/mol. The molecule has 1 heterocycles. The topological polar surface area (TPSA) is 41.9 Å². The van der Waals surface area contributed by atoms with Gasteiger partial charge in [-0.05, 0) is 55.1 Å². The molecule has 0 atom stereocenters. The number of para-hydroxylation sites is 1. The molecule has 0 bridgehead atoms. The van der Waals surface area contributed by atoms with Crippen LogP contribution in [0.5, 0.6) is 5.75 Å². The molecule has 0 aromatic heterocycles. The Bertz CT molecular complexity index is 847. The maximum absolute atomic E-state index is 13.0. The van der Waals surface area contributed by atoms with E-state index >= 15 is 0 Å². The van der Waals surface area contributed by atoms with Gasteiger partial charge >= 0.3 is 0 Å². The number of amides is 1. The number of amidine groups is 1. The average molecular weight is 356 g/mol. The monoisotopic (exact) mass is 356 g/mol. The molecular formula is C19H17FN2O2S. The van der Waals surface area contributed by atoms with E-state index in [9.17, 15) is 9.18 Å². The van der Waals surface area contributed by atoms with E-state index in [1.807, 2.05) is 37.3 Å². The first kappa shape index (κ1) is 17.2. The van der Waals surface area contributed by atoms with Crippen molar-refractivity contribution in [1.82, 2.24) is 4.90 Å². The highest BCUT2D eigenvalue weighted by Crippen LogP contribution is 2.35. The van der Waals surface area contributed by atoms with Gasteiger partial charge in [-0.25, -0.2) is 9.38 Å². The molecule has 0 aliphatic carbocycles. The van der Waals surface area contributed by atoms with Gasteiger partial charge in [0, 0.05) is 12.1 Å². The molecule has 2 aromatic carbocycles. The number of nitrogens with zero attached hydrogens (tertiary/aromatic N) is 2. The van der Waals surface area contributed by atoms with Crippen molar-refractivity contribution in [3.05, 3.63) is 64.8 Å². The molecule has 1 fully saturated rings. The highest BCUT2D eigenvalue weighted by Gasteiger charge is 2.32. The molecule has 1 saturated heterocycles. The van der Waals surface area contributed by atoms with Crippen molar-refractivity contribution in [2.45, 2.75) is 6.92 Å². The summed E-state index contributed by atoms with van der Waals surface area (Å²) < 4.78 is 18.4. The molecule has 0 spiro atoms. The summed E-state index contributed by atoms with van der Waals surface area (Å²) >= 11 is 1.30. The SMILES string of the molecule is CCN1C(=O)/C(=C\c2ccccc2OC)SC1=Nc1ccc(F)cc1. The van der Waals surface area contributed by atoms with Crippen LogP contribution in [0.4, 0.5) is 10.1 Å². The molecule has 3 rings (SSSR count). The third-order valence-electron chi connectivity index (χ3n) is 3.68. The minimum absolute atomic E-state index is 0.0979. The van der Waals surface area contributed by atoms with Crippen molar-refractivity contribution in [3.63, 3.8) is 0 Å². The van der Waals surface area contributed by atoms with Gasteiger partial charge in [0.2, 0.25) is 0 Å². The first-order chi connectivity index (χ1) is 12.1. The van der Waals surface area contributed by atoms with Gasteiger partial charge in [0.25, 0.3) is 5.91 Å². The van der Waals surface area contributed by atoms with Crippen LogP contribution >= 0.6 is 11.8 Å². The summed E-state index contributed by atoms with van der Waals surface area (Å²) in [6, 6.07) is 13.4. The highest BCUT2D eigenvalue weighted by molar-refractivity contribution is 8.18. The third-order valence-corrected chi connectivity index (χ3v) is 4.69. The molecule has 4 nitrogen and oxygen atoms in total. The Labute approximate surface area is 150 Å². The molecular weight excluding hydrogens is 339 g/mol. The average Bonchev–Trinajstić information content (AvgIpc) is 2.92. The number of halogens is 1. The van der Waals surface area contributed by atoms with Crippen LogP contribution in [0.3, 0.4) is 0 Å². The molecule has 1 aliphatic rings. The zero-order chi connectivity index (χ0) is 17.8. The minimum atomic E-state index is -0.316. The number of rotatable bonds is 4. The van der Waals surface area contributed by atoms with Gasteiger partial charge in [0.05, 0.1) is 17.7 Å². The predicted octanol–water partition coefficient (Wildman–Crippen LogP) is 4.46. The number of hydrogen-bond donors (Lipinski definition) is 0. The maximum Gasteiger partial charge on any atom is 0.266 e. The number of aliphatic imine (C=N–C) groups is 1. The van der Waals surface area contributed by atoms with Crippen LogP contribution in [-0.2, 0) is 4.79 Å². The Morgan fingerprint density at radius 3 is 2.60 bits per heavy atom. The fraction of sp³-hybridized carbons (Fsp3) is 0.158. The minimum Gasteiger partial charge on any atom is -0.496 e. The number of carbonyl (C=O) groups excluding carboxylic acids is 1. The van der Waals surface area contributed by atoms with Crippen LogP contribution in [0.1, 0.15) is 12.5 Å². The lowest BCUT2D eigenvalue weighted by molar-refractivity contribution is -0.122. The molecule has 2 aromatic rings. The smallest absolute Gasteiger partial charge is 0.266 e. The third kappa shape index (κ3) is 3.74. The number of thioether (sulfide) groups is 1. The second kappa shape index (κ2) is 7.53. The number of likely N-dealkylation sites (N-methyl/N-ethyl adjacent to an activating group) is 1. The van der Waals surface area contributed by atoms with Gasteiger partial charge in [0.15, 0.2) is 5.17 Å². The van der Waals surface area contributed by atoms with E-state index in [0.29, 0.717) is 28.1 Å². The van der Waals surface area contributed by atoms with Gasteiger partial charge in [-0.1, -0.05) is 18.2 Å². The first-order valence-corrected chi connectivity index (χ1v) is 8.62. The summed E-state index contributed by atoms with van der Waals surface area (Å²) in [5.41, 5.74) is 1.44. The lowest BCUT2D eigenvalue weighted by atomic mass is 10.2. The van der Waals surface area contributed by atoms with Gasteiger partial charge in [-0.3, -0.25) is 9.69 Å². The second-order valence-electron chi connectivity index (χ2n) is 5.27. The Hall–Kier alpha value is -2.60. The quantitative estimate of drug-likeness (QED) is 0.760. The zero-order valence-electron chi connectivity index (χ0n) is 13.9. The van der Waals surface area contributed by atoms with E-state index in [0.717, 1.165) is 5.56 Å².